The third-order valence-electron chi connectivity index (χ3n) is 3.88. The molecule has 1 amide bonds. The number of rotatable bonds is 9. The lowest BCUT2D eigenvalue weighted by atomic mass is 10.2. The van der Waals surface area contributed by atoms with Gasteiger partial charge in [-0.15, -0.1) is 0 Å². The molecule has 0 aliphatic carbocycles. The fraction of sp³-hybridized carbons (Fsp3) is 0.316. The van der Waals surface area contributed by atoms with Crippen LogP contribution < -0.4 is 14.8 Å². The maximum absolute atomic E-state index is 12.5. The van der Waals surface area contributed by atoms with E-state index in [0.717, 1.165) is 24.3 Å². The predicted molar refractivity (Wildman–Crippen MR) is 103 cm³/mol. The van der Waals surface area contributed by atoms with Crippen molar-refractivity contribution in [2.75, 3.05) is 19.7 Å². The van der Waals surface area contributed by atoms with E-state index < -0.39 is 33.8 Å². The van der Waals surface area contributed by atoms with Gasteiger partial charge in [0, 0.05) is 18.7 Å². The number of aliphatic hydroxyl groups is 1. The summed E-state index contributed by atoms with van der Waals surface area (Å²) in [5.41, 5.74) is -0.617. The van der Waals surface area contributed by atoms with Crippen LogP contribution in [0, 0.1) is 0 Å². The van der Waals surface area contributed by atoms with Gasteiger partial charge in [-0.05, 0) is 48.5 Å². The van der Waals surface area contributed by atoms with Gasteiger partial charge in [0.2, 0.25) is 10.0 Å². The van der Waals surface area contributed by atoms with Crippen LogP contribution in [0.25, 0.3) is 0 Å². The van der Waals surface area contributed by atoms with E-state index in [-0.39, 0.29) is 35.9 Å². The molecular formula is C19H21F3N2O5S. The molecular weight excluding hydrogens is 425 g/mol. The second-order valence-corrected chi connectivity index (χ2v) is 7.99. The maximum Gasteiger partial charge on any atom is 0.416 e. The van der Waals surface area contributed by atoms with E-state index in [1.54, 1.807) is 6.92 Å². The zero-order valence-corrected chi connectivity index (χ0v) is 16.8. The summed E-state index contributed by atoms with van der Waals surface area (Å²) in [5.74, 6) is -0.387. The van der Waals surface area contributed by atoms with Crippen LogP contribution in [0.3, 0.4) is 0 Å². The van der Waals surface area contributed by atoms with Crippen molar-refractivity contribution in [1.82, 2.24) is 10.0 Å². The number of amides is 1. The summed E-state index contributed by atoms with van der Waals surface area (Å²) in [7, 11) is -3.62. The Morgan fingerprint density at radius 2 is 1.70 bits per heavy atom. The van der Waals surface area contributed by atoms with Crippen LogP contribution in [0.4, 0.5) is 13.2 Å². The standard InChI is InChI=1S/C19H21F3N2O5S/c1-2-24-30(27,28)17-9-3-13(4-10-17)18(26)23-11-15(25)12-29-16-7-5-14(6-8-16)19(20,21)22/h3-10,15,24-25H,2,11-12H2,1H3,(H,23,26). The normalized spacial score (nSPS) is 13.0. The molecule has 0 radical (unpaired) electrons. The van der Waals surface area contributed by atoms with Gasteiger partial charge in [-0.1, -0.05) is 6.92 Å². The van der Waals surface area contributed by atoms with Crippen LogP contribution in [-0.2, 0) is 16.2 Å². The van der Waals surface area contributed by atoms with Gasteiger partial charge in [0.25, 0.3) is 5.91 Å². The second kappa shape index (κ2) is 9.92. The molecule has 0 aliphatic rings. The lowest BCUT2D eigenvalue weighted by Crippen LogP contribution is -2.35. The molecule has 0 saturated heterocycles. The van der Waals surface area contributed by atoms with E-state index in [4.69, 9.17) is 4.74 Å². The van der Waals surface area contributed by atoms with Crippen molar-refractivity contribution < 1.29 is 36.2 Å². The van der Waals surface area contributed by atoms with Crippen molar-refractivity contribution in [1.29, 1.82) is 0 Å². The minimum Gasteiger partial charge on any atom is -0.491 e. The molecule has 0 heterocycles. The van der Waals surface area contributed by atoms with Crippen molar-refractivity contribution in [3.05, 3.63) is 59.7 Å². The Bertz CT molecular complexity index is 946. The highest BCUT2D eigenvalue weighted by Crippen LogP contribution is 2.30. The van der Waals surface area contributed by atoms with Gasteiger partial charge in [-0.2, -0.15) is 13.2 Å². The number of nitrogens with one attached hydrogen (secondary N) is 2. The Labute approximate surface area is 171 Å². The number of halogens is 3. The molecule has 1 atom stereocenters. The van der Waals surface area contributed by atoms with Gasteiger partial charge in [-0.25, -0.2) is 13.1 Å². The molecule has 2 aromatic carbocycles. The molecule has 0 aliphatic heterocycles. The zero-order valence-electron chi connectivity index (χ0n) is 15.9. The molecule has 0 fully saturated rings. The lowest BCUT2D eigenvalue weighted by Gasteiger charge is -2.14. The monoisotopic (exact) mass is 446 g/mol. The minimum absolute atomic E-state index is 0.0193. The highest BCUT2D eigenvalue weighted by Gasteiger charge is 2.30. The number of hydrogen-bond acceptors (Lipinski definition) is 5. The Kier molecular flexibility index (Phi) is 7.82. The minimum atomic E-state index is -4.45. The number of carbonyl (C=O) groups is 1. The largest absolute Gasteiger partial charge is 0.491 e. The number of carbonyl (C=O) groups excluding carboxylic acids is 1. The second-order valence-electron chi connectivity index (χ2n) is 6.22. The van der Waals surface area contributed by atoms with Crippen LogP contribution in [0.15, 0.2) is 53.4 Å². The molecule has 0 saturated carbocycles. The summed E-state index contributed by atoms with van der Waals surface area (Å²) < 4.78 is 68.8. The Morgan fingerprint density at radius 3 is 2.23 bits per heavy atom. The first kappa shape index (κ1) is 23.6. The number of benzene rings is 2. The number of aliphatic hydroxyl groups excluding tert-OH is 1. The average Bonchev–Trinajstić information content (AvgIpc) is 2.70. The van der Waals surface area contributed by atoms with Gasteiger partial charge in [-0.3, -0.25) is 4.79 Å². The summed E-state index contributed by atoms with van der Waals surface area (Å²) >= 11 is 0. The third-order valence-corrected chi connectivity index (χ3v) is 5.44. The average molecular weight is 446 g/mol. The van der Waals surface area contributed by atoms with Crippen LogP contribution >= 0.6 is 0 Å². The van der Waals surface area contributed by atoms with E-state index in [0.29, 0.717) is 0 Å². The molecule has 7 nitrogen and oxygen atoms in total. The van der Waals surface area contributed by atoms with Crippen LogP contribution in [-0.4, -0.2) is 45.2 Å². The SMILES string of the molecule is CCNS(=O)(=O)c1ccc(C(=O)NCC(O)COc2ccc(C(F)(F)F)cc2)cc1. The van der Waals surface area contributed by atoms with Crippen LogP contribution in [0.5, 0.6) is 5.75 Å². The number of alkyl halides is 3. The smallest absolute Gasteiger partial charge is 0.416 e. The third kappa shape index (κ3) is 6.71. The van der Waals surface area contributed by atoms with Crippen molar-refractivity contribution in [2.24, 2.45) is 0 Å². The van der Waals surface area contributed by atoms with Crippen molar-refractivity contribution in [3.8, 4) is 5.75 Å². The predicted octanol–water partition coefficient (Wildman–Crippen LogP) is 2.17. The molecule has 0 spiro atoms. The fourth-order valence-electron chi connectivity index (χ4n) is 2.36. The quantitative estimate of drug-likeness (QED) is 0.548. The van der Waals surface area contributed by atoms with Gasteiger partial charge < -0.3 is 15.2 Å². The Hall–Kier alpha value is -2.63. The van der Waals surface area contributed by atoms with Gasteiger partial charge in [0.15, 0.2) is 0 Å². The van der Waals surface area contributed by atoms with Crippen molar-refractivity contribution in [2.45, 2.75) is 24.1 Å². The molecule has 1 unspecified atom stereocenters. The number of hydrogen-bond donors (Lipinski definition) is 3. The van der Waals surface area contributed by atoms with E-state index in [2.05, 4.69) is 10.0 Å². The lowest BCUT2D eigenvalue weighted by molar-refractivity contribution is -0.137. The summed E-state index contributed by atoms with van der Waals surface area (Å²) in [6, 6.07) is 9.25. The Morgan fingerprint density at radius 1 is 1.10 bits per heavy atom. The summed E-state index contributed by atoms with van der Waals surface area (Å²) in [5, 5.41) is 12.4. The molecule has 11 heteroatoms. The number of sulfonamides is 1. The van der Waals surface area contributed by atoms with Gasteiger partial charge >= 0.3 is 6.18 Å². The fourth-order valence-corrected chi connectivity index (χ4v) is 3.40. The molecule has 30 heavy (non-hydrogen) atoms. The summed E-state index contributed by atoms with van der Waals surface area (Å²) in [4.78, 5) is 12.1. The van der Waals surface area contributed by atoms with Crippen LogP contribution in [0.1, 0.15) is 22.8 Å². The molecule has 164 valence electrons. The van der Waals surface area contributed by atoms with E-state index >= 15 is 0 Å². The van der Waals surface area contributed by atoms with E-state index in [1.807, 2.05) is 0 Å². The molecule has 2 aromatic rings. The molecule has 3 N–H and O–H groups in total. The highest BCUT2D eigenvalue weighted by atomic mass is 32.2. The maximum atomic E-state index is 12.5. The Balaban J connectivity index is 1.83. The first-order valence-corrected chi connectivity index (χ1v) is 10.4. The zero-order chi connectivity index (χ0) is 22.4. The van der Waals surface area contributed by atoms with E-state index in [1.165, 1.54) is 24.3 Å². The number of ether oxygens (including phenoxy) is 1. The molecule has 0 aromatic heterocycles. The van der Waals surface area contributed by atoms with Gasteiger partial charge in [0.05, 0.1) is 10.5 Å². The van der Waals surface area contributed by atoms with Gasteiger partial charge in [0.1, 0.15) is 18.5 Å². The van der Waals surface area contributed by atoms with E-state index in [9.17, 15) is 31.5 Å². The molecule has 2 rings (SSSR count). The summed E-state index contributed by atoms with van der Waals surface area (Å²) in [6.45, 7) is 1.46. The van der Waals surface area contributed by atoms with Crippen molar-refractivity contribution >= 4 is 15.9 Å². The highest BCUT2D eigenvalue weighted by molar-refractivity contribution is 7.89. The first-order valence-electron chi connectivity index (χ1n) is 8.89. The first-order chi connectivity index (χ1) is 14.0. The topological polar surface area (TPSA) is 105 Å². The summed E-state index contributed by atoms with van der Waals surface area (Å²) in [6.07, 6.45) is -5.55. The molecule has 0 bridgehead atoms. The van der Waals surface area contributed by atoms with Crippen molar-refractivity contribution in [3.63, 3.8) is 0 Å². The van der Waals surface area contributed by atoms with Crippen LogP contribution in [0.2, 0.25) is 0 Å².